The van der Waals surface area contributed by atoms with E-state index in [1.54, 1.807) is 13.3 Å². The van der Waals surface area contributed by atoms with Crippen LogP contribution in [0.4, 0.5) is 11.6 Å². The van der Waals surface area contributed by atoms with Gasteiger partial charge in [-0.3, -0.25) is 4.79 Å². The smallest absolute Gasteiger partial charge is 0.272 e. The highest BCUT2D eigenvalue weighted by atomic mass is 16.5. The molecule has 2 aromatic heterocycles. The normalized spacial score (nSPS) is 17.9. The molecule has 41 heavy (non-hydrogen) atoms. The van der Waals surface area contributed by atoms with E-state index in [0.29, 0.717) is 5.69 Å². The number of nitrogens with one attached hydrogen (secondary N) is 1. The highest BCUT2D eigenvalue weighted by Gasteiger charge is 2.26. The Hall–Kier alpha value is -3.13. The van der Waals surface area contributed by atoms with E-state index in [-0.39, 0.29) is 5.91 Å². The standard InChI is InChI=1S/C33H46N6O2/c1-41-28-13-11-27(12-14-28)35-33-36-30-24-34-29(23-31(30)39(33)20-6-19-37-17-3-2-4-18-37)32(40)38(22-16-26-9-10-26)21-15-25-7-5-8-25/h11-14,23-26H,2-10,15-22H2,1H3,(H,35,36). The zero-order valence-corrected chi connectivity index (χ0v) is 24.7. The molecule has 1 aliphatic heterocycles. The molecule has 1 aromatic carbocycles. The van der Waals surface area contributed by atoms with Crippen molar-refractivity contribution in [3.63, 3.8) is 0 Å². The number of aryl methyl sites for hydroxylation is 1. The molecule has 3 aliphatic rings. The first kappa shape index (κ1) is 28.0. The number of ether oxygens (including phenoxy) is 1. The summed E-state index contributed by atoms with van der Waals surface area (Å²) in [7, 11) is 1.68. The number of carbonyl (C=O) groups is 1. The summed E-state index contributed by atoms with van der Waals surface area (Å²) in [5.41, 5.74) is 3.27. The zero-order valence-electron chi connectivity index (χ0n) is 24.7. The van der Waals surface area contributed by atoms with Crippen molar-refractivity contribution in [2.24, 2.45) is 11.8 Å². The van der Waals surface area contributed by atoms with E-state index in [4.69, 9.17) is 9.72 Å². The monoisotopic (exact) mass is 558 g/mol. The lowest BCUT2D eigenvalue weighted by Gasteiger charge is -2.29. The molecular formula is C33H46N6O2. The lowest BCUT2D eigenvalue weighted by molar-refractivity contribution is 0.0726. The van der Waals surface area contributed by atoms with Gasteiger partial charge in [-0.05, 0) is 93.9 Å². The fourth-order valence-corrected chi connectivity index (χ4v) is 6.25. The number of benzene rings is 1. The van der Waals surface area contributed by atoms with Gasteiger partial charge in [0.25, 0.3) is 5.91 Å². The van der Waals surface area contributed by atoms with Gasteiger partial charge in [0.2, 0.25) is 5.95 Å². The number of hydrogen-bond acceptors (Lipinski definition) is 6. The molecule has 0 bridgehead atoms. The number of imidazole rings is 1. The summed E-state index contributed by atoms with van der Waals surface area (Å²) in [6, 6.07) is 9.89. The number of aromatic nitrogens is 3. The van der Waals surface area contributed by atoms with Crippen LogP contribution in [0.3, 0.4) is 0 Å². The lowest BCUT2D eigenvalue weighted by Crippen LogP contribution is -2.35. The third-order valence-electron chi connectivity index (χ3n) is 9.33. The Kier molecular flexibility index (Phi) is 9.04. The van der Waals surface area contributed by atoms with Gasteiger partial charge in [-0.15, -0.1) is 0 Å². The summed E-state index contributed by atoms with van der Waals surface area (Å²) in [4.78, 5) is 28.1. The summed E-state index contributed by atoms with van der Waals surface area (Å²) >= 11 is 0. The number of piperidine rings is 1. The van der Waals surface area contributed by atoms with Gasteiger partial charge in [0, 0.05) is 25.3 Å². The Balaban J connectivity index is 1.23. The van der Waals surface area contributed by atoms with E-state index < -0.39 is 0 Å². The Labute approximate surface area is 244 Å². The van der Waals surface area contributed by atoms with Crippen molar-refractivity contribution < 1.29 is 9.53 Å². The molecule has 6 rings (SSSR count). The van der Waals surface area contributed by atoms with E-state index in [1.165, 1.54) is 64.5 Å². The third-order valence-corrected chi connectivity index (χ3v) is 9.33. The molecule has 0 spiro atoms. The largest absolute Gasteiger partial charge is 0.497 e. The fourth-order valence-electron chi connectivity index (χ4n) is 6.25. The second-order valence-corrected chi connectivity index (χ2v) is 12.4. The van der Waals surface area contributed by atoms with Crippen LogP contribution in [-0.2, 0) is 6.54 Å². The maximum absolute atomic E-state index is 13.8. The van der Waals surface area contributed by atoms with Crippen molar-refractivity contribution in [3.8, 4) is 5.75 Å². The average Bonchev–Trinajstić information content (AvgIpc) is 3.75. The summed E-state index contributed by atoms with van der Waals surface area (Å²) < 4.78 is 7.57. The first-order chi connectivity index (χ1) is 20.2. The molecule has 0 radical (unpaired) electrons. The lowest BCUT2D eigenvalue weighted by atomic mass is 9.83. The molecule has 8 nitrogen and oxygen atoms in total. The van der Waals surface area contributed by atoms with Crippen molar-refractivity contribution in [2.45, 2.75) is 77.2 Å². The molecule has 2 saturated carbocycles. The van der Waals surface area contributed by atoms with Gasteiger partial charge >= 0.3 is 0 Å². The van der Waals surface area contributed by atoms with Crippen molar-refractivity contribution in [1.82, 2.24) is 24.3 Å². The van der Waals surface area contributed by atoms with Crippen molar-refractivity contribution in [3.05, 3.63) is 42.2 Å². The van der Waals surface area contributed by atoms with E-state index in [2.05, 4.69) is 24.7 Å². The fraction of sp³-hybridized carbons (Fsp3) is 0.606. The average molecular weight is 559 g/mol. The van der Waals surface area contributed by atoms with Crippen LogP contribution in [-0.4, -0.2) is 70.1 Å². The zero-order chi connectivity index (χ0) is 28.0. The number of carbonyl (C=O) groups excluding carboxylic acids is 1. The van der Waals surface area contributed by atoms with E-state index in [1.807, 2.05) is 30.3 Å². The number of likely N-dealkylation sites (tertiary alicyclic amines) is 1. The van der Waals surface area contributed by atoms with Crippen LogP contribution in [0.15, 0.2) is 36.5 Å². The summed E-state index contributed by atoms with van der Waals surface area (Å²) in [6.07, 6.45) is 15.6. The van der Waals surface area contributed by atoms with Gasteiger partial charge in [-0.1, -0.05) is 38.5 Å². The molecule has 3 aromatic rings. The van der Waals surface area contributed by atoms with Crippen LogP contribution in [0.2, 0.25) is 0 Å². The molecule has 0 atom stereocenters. The topological polar surface area (TPSA) is 75.5 Å². The number of hydrogen-bond donors (Lipinski definition) is 1. The van der Waals surface area contributed by atoms with Crippen LogP contribution in [0.1, 0.15) is 81.1 Å². The summed E-state index contributed by atoms with van der Waals surface area (Å²) in [5, 5.41) is 3.52. The Bertz CT molecular complexity index is 1290. The van der Waals surface area contributed by atoms with Gasteiger partial charge in [-0.2, -0.15) is 0 Å². The van der Waals surface area contributed by atoms with Crippen molar-refractivity contribution in [2.75, 3.05) is 45.2 Å². The minimum Gasteiger partial charge on any atom is -0.497 e. The minimum absolute atomic E-state index is 0.0672. The maximum atomic E-state index is 13.8. The number of anilines is 2. The highest BCUT2D eigenvalue weighted by Crippen LogP contribution is 2.34. The Morgan fingerprint density at radius 1 is 0.976 bits per heavy atom. The quantitative estimate of drug-likeness (QED) is 0.244. The van der Waals surface area contributed by atoms with Crippen molar-refractivity contribution >= 4 is 28.6 Å². The SMILES string of the molecule is COc1ccc(Nc2nc3cnc(C(=O)N(CCC4CCC4)CCC4CC4)cc3n2CCCN2CCCCC2)cc1. The molecule has 2 aliphatic carbocycles. The van der Waals surface area contributed by atoms with Gasteiger partial charge in [-0.25, -0.2) is 9.97 Å². The van der Waals surface area contributed by atoms with Crippen LogP contribution >= 0.6 is 0 Å². The van der Waals surface area contributed by atoms with E-state index >= 15 is 0 Å². The number of pyridine rings is 1. The first-order valence-electron chi connectivity index (χ1n) is 16.0. The number of rotatable bonds is 14. The van der Waals surface area contributed by atoms with Gasteiger partial charge < -0.3 is 24.4 Å². The van der Waals surface area contributed by atoms with Crippen LogP contribution in [0.5, 0.6) is 5.75 Å². The molecule has 8 heteroatoms. The van der Waals surface area contributed by atoms with Crippen LogP contribution in [0, 0.1) is 11.8 Å². The van der Waals surface area contributed by atoms with Crippen molar-refractivity contribution in [1.29, 1.82) is 0 Å². The Morgan fingerprint density at radius 3 is 2.37 bits per heavy atom. The van der Waals surface area contributed by atoms with Crippen LogP contribution < -0.4 is 10.1 Å². The van der Waals surface area contributed by atoms with Gasteiger partial charge in [0.05, 0.1) is 18.8 Å². The molecule has 1 saturated heterocycles. The second kappa shape index (κ2) is 13.2. The predicted octanol–water partition coefficient (Wildman–Crippen LogP) is 6.49. The Morgan fingerprint density at radius 2 is 1.71 bits per heavy atom. The number of fused-ring (bicyclic) bond motifs is 1. The first-order valence-corrected chi connectivity index (χ1v) is 16.0. The molecule has 1 amide bonds. The predicted molar refractivity (Wildman–Crippen MR) is 164 cm³/mol. The molecule has 1 N–H and O–H groups in total. The molecular weight excluding hydrogens is 512 g/mol. The van der Waals surface area contributed by atoms with E-state index in [0.717, 1.165) is 85.7 Å². The molecule has 220 valence electrons. The third kappa shape index (κ3) is 7.21. The number of methoxy groups -OCH3 is 1. The summed E-state index contributed by atoms with van der Waals surface area (Å²) in [5.74, 6) is 3.26. The van der Waals surface area contributed by atoms with E-state index in [9.17, 15) is 4.79 Å². The summed E-state index contributed by atoms with van der Waals surface area (Å²) in [6.45, 7) is 5.99. The number of nitrogens with zero attached hydrogens (tertiary/aromatic N) is 5. The molecule has 3 fully saturated rings. The molecule has 3 heterocycles. The minimum atomic E-state index is 0.0672. The highest BCUT2D eigenvalue weighted by molar-refractivity contribution is 5.95. The van der Waals surface area contributed by atoms with Crippen LogP contribution in [0.25, 0.3) is 11.0 Å². The van der Waals surface area contributed by atoms with Gasteiger partial charge in [0.15, 0.2) is 0 Å². The van der Waals surface area contributed by atoms with Gasteiger partial charge in [0.1, 0.15) is 17.0 Å². The second-order valence-electron chi connectivity index (χ2n) is 12.4. The maximum Gasteiger partial charge on any atom is 0.272 e. The number of amides is 1. The molecule has 0 unspecified atom stereocenters.